The van der Waals surface area contributed by atoms with Gasteiger partial charge in [-0.25, -0.2) is 0 Å². The highest BCUT2D eigenvalue weighted by Crippen LogP contribution is 2.43. The predicted molar refractivity (Wildman–Crippen MR) is 143 cm³/mol. The monoisotopic (exact) mass is 618 g/mol. The molecule has 0 aliphatic carbocycles. The van der Waals surface area contributed by atoms with Crippen LogP contribution >= 0.6 is 0 Å². The van der Waals surface area contributed by atoms with Crippen LogP contribution in [0.3, 0.4) is 0 Å². The highest BCUT2D eigenvalue weighted by atomic mass is 19.4. The van der Waals surface area contributed by atoms with E-state index >= 15 is 0 Å². The molecule has 1 aromatic carbocycles. The van der Waals surface area contributed by atoms with Gasteiger partial charge in [0.1, 0.15) is 19.3 Å². The molecule has 1 aromatic rings. The molecule has 3 atom stereocenters. The van der Waals surface area contributed by atoms with Crippen LogP contribution in [0.5, 0.6) is 0 Å². The summed E-state index contributed by atoms with van der Waals surface area (Å²) >= 11 is 0. The van der Waals surface area contributed by atoms with Crippen molar-refractivity contribution >= 4 is 11.9 Å². The second kappa shape index (κ2) is 16.5. The van der Waals surface area contributed by atoms with Crippen molar-refractivity contribution in [2.45, 2.75) is 97.7 Å². The minimum Gasteiger partial charge on any atom is -0.462 e. The van der Waals surface area contributed by atoms with Crippen LogP contribution in [0, 0.1) is 10.8 Å². The molecule has 244 valence electrons. The molecule has 42 heavy (non-hydrogen) atoms. The SMILES string of the molecule is CCC(C)(C)C(=O)OCC1CO1.CCC(C)(CO)C(=O)OCC(O)(C(F)(F)F)C(F)(F)F.CCC(C)c1ccccc1. The lowest BCUT2D eigenvalue weighted by molar-refractivity contribution is -0.375. The maximum Gasteiger partial charge on any atom is 0.429 e. The Morgan fingerprint density at radius 1 is 0.929 bits per heavy atom. The van der Waals surface area contributed by atoms with E-state index in [-0.39, 0.29) is 23.9 Å². The molecule has 0 saturated carbocycles. The minimum atomic E-state index is -6.06. The summed E-state index contributed by atoms with van der Waals surface area (Å²) in [5.74, 6) is -0.879. The van der Waals surface area contributed by atoms with Crippen molar-refractivity contribution in [3.8, 4) is 0 Å². The molecule has 3 unspecified atom stereocenters. The van der Waals surface area contributed by atoms with Gasteiger partial charge in [0.05, 0.1) is 24.0 Å². The normalized spacial score (nSPS) is 17.4. The van der Waals surface area contributed by atoms with Crippen LogP contribution < -0.4 is 0 Å². The molecule has 2 rings (SSSR count). The van der Waals surface area contributed by atoms with Crippen LogP contribution in [-0.4, -0.2) is 72.6 Å². The van der Waals surface area contributed by atoms with E-state index in [4.69, 9.17) is 19.7 Å². The quantitative estimate of drug-likeness (QED) is 0.169. The van der Waals surface area contributed by atoms with Crippen LogP contribution in [0.15, 0.2) is 30.3 Å². The Bertz CT molecular complexity index is 926. The first-order valence-electron chi connectivity index (χ1n) is 13.6. The smallest absolute Gasteiger partial charge is 0.429 e. The van der Waals surface area contributed by atoms with Crippen molar-refractivity contribution < 1.29 is 60.4 Å². The number of carbonyl (C=O) groups excluding carboxylic acids is 2. The number of rotatable bonds is 11. The topological polar surface area (TPSA) is 106 Å². The number of hydrogen-bond donors (Lipinski definition) is 2. The number of hydrogen-bond acceptors (Lipinski definition) is 7. The van der Waals surface area contributed by atoms with E-state index < -0.39 is 42.6 Å². The first-order valence-corrected chi connectivity index (χ1v) is 13.6. The minimum absolute atomic E-state index is 0.0706. The summed E-state index contributed by atoms with van der Waals surface area (Å²) in [5, 5.41) is 17.7. The van der Waals surface area contributed by atoms with E-state index in [1.807, 2.05) is 20.8 Å². The Morgan fingerprint density at radius 3 is 1.79 bits per heavy atom. The number of aliphatic hydroxyl groups is 2. The van der Waals surface area contributed by atoms with Crippen molar-refractivity contribution in [1.29, 1.82) is 0 Å². The average molecular weight is 619 g/mol. The van der Waals surface area contributed by atoms with Gasteiger partial charge in [0, 0.05) is 0 Å². The fourth-order valence-corrected chi connectivity index (χ4v) is 2.68. The summed E-state index contributed by atoms with van der Waals surface area (Å²) in [7, 11) is 0. The fourth-order valence-electron chi connectivity index (χ4n) is 2.68. The third-order valence-corrected chi connectivity index (χ3v) is 7.19. The second-order valence-corrected chi connectivity index (χ2v) is 11.0. The summed E-state index contributed by atoms with van der Waals surface area (Å²) in [6.45, 7) is 10.7. The van der Waals surface area contributed by atoms with Gasteiger partial charge >= 0.3 is 24.3 Å². The number of epoxide rings is 1. The maximum absolute atomic E-state index is 12.3. The molecular formula is C29H44F6O7. The second-order valence-electron chi connectivity index (χ2n) is 11.0. The third-order valence-electron chi connectivity index (χ3n) is 7.19. The third kappa shape index (κ3) is 12.1. The predicted octanol–water partition coefficient (Wildman–Crippen LogP) is 6.36. The van der Waals surface area contributed by atoms with E-state index in [0.29, 0.717) is 12.5 Å². The Morgan fingerprint density at radius 2 is 1.43 bits per heavy atom. The number of aliphatic hydroxyl groups excluding tert-OH is 1. The van der Waals surface area contributed by atoms with Crippen molar-refractivity contribution in [3.05, 3.63) is 35.9 Å². The van der Waals surface area contributed by atoms with E-state index in [0.717, 1.165) is 20.0 Å². The lowest BCUT2D eigenvalue weighted by Crippen LogP contribution is -2.60. The van der Waals surface area contributed by atoms with Gasteiger partial charge in [-0.3, -0.25) is 9.59 Å². The Balaban J connectivity index is 0.000000646. The molecule has 0 aromatic heterocycles. The number of benzene rings is 1. The molecular weight excluding hydrogens is 574 g/mol. The van der Waals surface area contributed by atoms with Crippen molar-refractivity contribution in [3.63, 3.8) is 0 Å². The summed E-state index contributed by atoms with van der Waals surface area (Å²) < 4.78 is 87.7. The first-order chi connectivity index (χ1) is 19.2. The van der Waals surface area contributed by atoms with Gasteiger partial charge in [0.15, 0.2) is 0 Å². The molecule has 0 amide bonds. The molecule has 0 radical (unpaired) electrons. The molecule has 1 aliphatic rings. The number of alkyl halides is 6. The Hall–Kier alpha value is -2.38. The zero-order chi connectivity index (χ0) is 33.0. The summed E-state index contributed by atoms with van der Waals surface area (Å²) in [5.41, 5.74) is -5.70. The van der Waals surface area contributed by atoms with Gasteiger partial charge in [-0.1, -0.05) is 58.0 Å². The molecule has 1 heterocycles. The molecule has 1 fully saturated rings. The highest BCUT2D eigenvalue weighted by molar-refractivity contribution is 5.76. The highest BCUT2D eigenvalue weighted by Gasteiger charge is 2.71. The van der Waals surface area contributed by atoms with Crippen LogP contribution in [0.2, 0.25) is 0 Å². The van der Waals surface area contributed by atoms with Crippen molar-refractivity contribution in [2.24, 2.45) is 10.8 Å². The number of halogens is 6. The van der Waals surface area contributed by atoms with Gasteiger partial charge in [-0.05, 0) is 51.5 Å². The van der Waals surface area contributed by atoms with Gasteiger partial charge in [0.2, 0.25) is 0 Å². The molecule has 2 N–H and O–H groups in total. The first kappa shape index (κ1) is 39.6. The van der Waals surface area contributed by atoms with Crippen LogP contribution in [0.4, 0.5) is 26.3 Å². The summed E-state index contributed by atoms with van der Waals surface area (Å²) in [6, 6.07) is 10.6. The van der Waals surface area contributed by atoms with Gasteiger partial charge < -0.3 is 24.4 Å². The number of esters is 2. The lowest BCUT2D eigenvalue weighted by atomic mass is 9.89. The van der Waals surface area contributed by atoms with Crippen LogP contribution in [0.1, 0.15) is 79.2 Å². The van der Waals surface area contributed by atoms with Gasteiger partial charge in [0.25, 0.3) is 5.60 Å². The molecule has 1 aliphatic heterocycles. The van der Waals surface area contributed by atoms with Crippen molar-refractivity contribution in [2.75, 3.05) is 26.4 Å². The Kier molecular flexibility index (Phi) is 15.5. The number of ether oxygens (including phenoxy) is 3. The van der Waals surface area contributed by atoms with E-state index in [2.05, 4.69) is 48.9 Å². The summed E-state index contributed by atoms with van der Waals surface area (Å²) in [6.07, 6.45) is -10.00. The molecule has 0 bridgehead atoms. The largest absolute Gasteiger partial charge is 0.462 e. The van der Waals surface area contributed by atoms with E-state index in [1.54, 1.807) is 0 Å². The maximum atomic E-state index is 12.3. The Labute approximate surface area is 243 Å². The zero-order valence-corrected chi connectivity index (χ0v) is 25.2. The molecule has 13 heteroatoms. The van der Waals surface area contributed by atoms with Crippen molar-refractivity contribution in [1.82, 2.24) is 0 Å². The molecule has 7 nitrogen and oxygen atoms in total. The zero-order valence-electron chi connectivity index (χ0n) is 25.2. The van der Waals surface area contributed by atoms with Gasteiger partial charge in [-0.2, -0.15) is 26.3 Å². The summed E-state index contributed by atoms with van der Waals surface area (Å²) in [4.78, 5) is 22.7. The standard InChI is InChI=1S/C10H14F6O4.C10H14.C9H16O3/c1-3-7(2,4-17)6(18)20-5-8(19,9(11,12)13)10(14,15)16;1-3-9(2)10-7-5-4-6-8-10;1-4-9(2,3)8(10)12-6-7-5-11-7/h17,19H,3-5H2,1-2H3;4-9H,3H2,1-2H3;7H,4-6H2,1-3H3. The number of carbonyl (C=O) groups is 2. The lowest BCUT2D eigenvalue weighted by Gasteiger charge is -2.33. The molecule has 0 spiro atoms. The van der Waals surface area contributed by atoms with E-state index in [1.165, 1.54) is 18.9 Å². The van der Waals surface area contributed by atoms with Crippen LogP contribution in [-0.2, 0) is 23.8 Å². The average Bonchev–Trinajstić information content (AvgIpc) is 3.78. The van der Waals surface area contributed by atoms with E-state index in [9.17, 15) is 35.9 Å². The van der Waals surface area contributed by atoms with Crippen LogP contribution in [0.25, 0.3) is 0 Å². The molecule has 1 saturated heterocycles. The van der Waals surface area contributed by atoms with Gasteiger partial charge in [-0.15, -0.1) is 0 Å². The fraction of sp³-hybridized carbons (Fsp3) is 0.724.